The molecule has 4 nitrogen and oxygen atoms in total. The van der Waals surface area contributed by atoms with Gasteiger partial charge >= 0.3 is 0 Å². The molecule has 0 saturated heterocycles. The first-order valence-corrected chi connectivity index (χ1v) is 9.47. The van der Waals surface area contributed by atoms with E-state index in [9.17, 15) is 10.4 Å². The van der Waals surface area contributed by atoms with Crippen LogP contribution >= 0.6 is 38.9 Å². The Morgan fingerprint density at radius 2 is 2.08 bits per heavy atom. The van der Waals surface area contributed by atoms with Crippen molar-refractivity contribution in [3.05, 3.63) is 61.8 Å². The number of phenolic OH excluding ortho intramolecular Hbond substituents is 1. The van der Waals surface area contributed by atoms with Crippen LogP contribution in [0, 0.1) is 11.3 Å². The number of aromatic nitrogens is 1. The van der Waals surface area contributed by atoms with Gasteiger partial charge < -0.3 is 9.84 Å². The van der Waals surface area contributed by atoms with Gasteiger partial charge in [-0.05, 0) is 51.8 Å². The van der Waals surface area contributed by atoms with Crippen LogP contribution in [-0.2, 0) is 0 Å². The normalized spacial score (nSPS) is 11.2. The van der Waals surface area contributed by atoms with Crippen LogP contribution in [0.25, 0.3) is 22.9 Å². The number of nitrogens with zero attached hydrogens (tertiary/aromatic N) is 2. The number of aromatic hydroxyl groups is 1. The number of thiazole rings is 1. The van der Waals surface area contributed by atoms with Gasteiger partial charge in [0, 0.05) is 16.0 Å². The molecule has 0 saturated carbocycles. The summed E-state index contributed by atoms with van der Waals surface area (Å²) in [5.41, 5.74) is 2.86. The minimum absolute atomic E-state index is 0.0161. The van der Waals surface area contributed by atoms with Gasteiger partial charge in [-0.2, -0.15) is 5.26 Å². The molecule has 0 aliphatic carbocycles. The van der Waals surface area contributed by atoms with Crippen molar-refractivity contribution in [2.75, 3.05) is 7.11 Å². The maximum atomic E-state index is 9.90. The van der Waals surface area contributed by atoms with Crippen LogP contribution in [0.2, 0.25) is 5.02 Å². The number of nitriles is 1. The van der Waals surface area contributed by atoms with Crippen LogP contribution in [0.15, 0.2) is 46.3 Å². The summed E-state index contributed by atoms with van der Waals surface area (Å²) in [6.45, 7) is 0. The third-order valence-electron chi connectivity index (χ3n) is 3.58. The van der Waals surface area contributed by atoms with Crippen LogP contribution in [-0.4, -0.2) is 17.2 Å². The van der Waals surface area contributed by atoms with Crippen LogP contribution in [0.3, 0.4) is 0 Å². The second-order valence-corrected chi connectivity index (χ2v) is 7.42. The minimum Gasteiger partial charge on any atom is -0.503 e. The lowest BCUT2D eigenvalue weighted by molar-refractivity contribution is 0.372. The summed E-state index contributed by atoms with van der Waals surface area (Å²) in [6, 6.07) is 12.9. The number of rotatable bonds is 4. The molecule has 0 radical (unpaired) electrons. The molecule has 2 aromatic carbocycles. The van der Waals surface area contributed by atoms with Gasteiger partial charge in [-0.3, -0.25) is 0 Å². The van der Waals surface area contributed by atoms with E-state index in [4.69, 9.17) is 16.3 Å². The Morgan fingerprint density at radius 3 is 2.73 bits per heavy atom. The molecule has 7 heteroatoms. The van der Waals surface area contributed by atoms with Crippen molar-refractivity contribution in [2.24, 2.45) is 0 Å². The van der Waals surface area contributed by atoms with Gasteiger partial charge in [0.2, 0.25) is 0 Å². The first-order chi connectivity index (χ1) is 12.5. The highest BCUT2D eigenvalue weighted by Crippen LogP contribution is 2.36. The predicted molar refractivity (Wildman–Crippen MR) is 108 cm³/mol. The molecule has 0 spiro atoms. The quantitative estimate of drug-likeness (QED) is 0.498. The summed E-state index contributed by atoms with van der Waals surface area (Å²) in [6.07, 6.45) is 1.71. The van der Waals surface area contributed by atoms with E-state index in [0.717, 1.165) is 11.3 Å². The van der Waals surface area contributed by atoms with Crippen LogP contribution in [0.5, 0.6) is 11.5 Å². The summed E-state index contributed by atoms with van der Waals surface area (Å²) >= 11 is 10.6. The summed E-state index contributed by atoms with van der Waals surface area (Å²) in [5, 5.41) is 22.6. The van der Waals surface area contributed by atoms with Crippen LogP contribution < -0.4 is 4.74 Å². The topological polar surface area (TPSA) is 66.1 Å². The van der Waals surface area contributed by atoms with E-state index < -0.39 is 0 Å². The Kier molecular flexibility index (Phi) is 5.62. The van der Waals surface area contributed by atoms with Crippen LogP contribution in [0.4, 0.5) is 0 Å². The molecule has 26 heavy (non-hydrogen) atoms. The monoisotopic (exact) mass is 446 g/mol. The van der Waals surface area contributed by atoms with Gasteiger partial charge in [0.15, 0.2) is 11.5 Å². The molecule has 1 heterocycles. The van der Waals surface area contributed by atoms with E-state index in [1.807, 2.05) is 17.5 Å². The zero-order valence-electron chi connectivity index (χ0n) is 13.5. The molecule has 3 aromatic rings. The van der Waals surface area contributed by atoms with Gasteiger partial charge in [-0.15, -0.1) is 11.3 Å². The number of halogens is 2. The first kappa shape index (κ1) is 18.5. The number of hydrogen-bond acceptors (Lipinski definition) is 5. The molecule has 3 rings (SSSR count). The van der Waals surface area contributed by atoms with Gasteiger partial charge in [-0.25, -0.2) is 4.98 Å². The highest BCUT2D eigenvalue weighted by molar-refractivity contribution is 9.10. The summed E-state index contributed by atoms with van der Waals surface area (Å²) < 4.78 is 5.63. The summed E-state index contributed by atoms with van der Waals surface area (Å²) in [5.74, 6) is 0.339. The number of benzene rings is 2. The fourth-order valence-corrected chi connectivity index (χ4v) is 3.67. The fraction of sp³-hybridized carbons (Fsp3) is 0.0526. The Bertz CT molecular complexity index is 1020. The second kappa shape index (κ2) is 7.92. The highest BCUT2D eigenvalue weighted by Gasteiger charge is 2.12. The number of methoxy groups -OCH3 is 1. The standard InChI is InChI=1S/C19H12BrClN2O2S/c1-25-17-8-11(7-15(20)18(17)24)6-13(9-22)19-23-16(10-26-19)12-2-4-14(21)5-3-12/h2-8,10,24H,1H3/b13-6-. The molecule has 0 amide bonds. The Balaban J connectivity index is 1.97. The molecular formula is C19H12BrClN2O2S. The second-order valence-electron chi connectivity index (χ2n) is 5.27. The molecular weight excluding hydrogens is 436 g/mol. The van der Waals surface area contributed by atoms with E-state index in [2.05, 4.69) is 27.0 Å². The van der Waals surface area contributed by atoms with Gasteiger partial charge in [0.05, 0.1) is 22.8 Å². The molecule has 0 fully saturated rings. The third kappa shape index (κ3) is 3.91. The number of ether oxygens (including phenoxy) is 1. The Morgan fingerprint density at radius 1 is 1.35 bits per heavy atom. The lowest BCUT2D eigenvalue weighted by Gasteiger charge is -2.06. The Labute approximate surface area is 168 Å². The lowest BCUT2D eigenvalue weighted by Crippen LogP contribution is -1.87. The third-order valence-corrected chi connectivity index (χ3v) is 5.31. The van der Waals surface area contributed by atoms with Gasteiger partial charge in [0.25, 0.3) is 0 Å². The predicted octanol–water partition coefficient (Wildman–Crippen LogP) is 6.00. The van der Waals surface area contributed by atoms with Crippen molar-refractivity contribution >= 4 is 50.5 Å². The van der Waals surface area contributed by atoms with Crippen LogP contribution in [0.1, 0.15) is 10.6 Å². The lowest BCUT2D eigenvalue weighted by atomic mass is 10.1. The van der Waals surface area contributed by atoms with E-state index in [-0.39, 0.29) is 5.75 Å². The number of allylic oxidation sites excluding steroid dienone is 1. The number of hydrogen-bond donors (Lipinski definition) is 1. The minimum atomic E-state index is 0.0161. The molecule has 0 aliphatic heterocycles. The summed E-state index contributed by atoms with van der Waals surface area (Å²) in [7, 11) is 1.47. The smallest absolute Gasteiger partial charge is 0.172 e. The molecule has 0 aliphatic rings. The molecule has 0 atom stereocenters. The maximum Gasteiger partial charge on any atom is 0.172 e. The molecule has 1 aromatic heterocycles. The van der Waals surface area contributed by atoms with E-state index >= 15 is 0 Å². The van der Waals surface area contributed by atoms with Gasteiger partial charge in [-0.1, -0.05) is 23.7 Å². The van der Waals surface area contributed by atoms with E-state index in [0.29, 0.717) is 31.4 Å². The van der Waals surface area contributed by atoms with Crippen molar-refractivity contribution in [1.82, 2.24) is 4.98 Å². The first-order valence-electron chi connectivity index (χ1n) is 7.42. The SMILES string of the molecule is COc1cc(/C=C(/C#N)c2nc(-c3ccc(Cl)cc3)cs2)cc(Br)c1O. The molecule has 0 bridgehead atoms. The zero-order valence-corrected chi connectivity index (χ0v) is 16.7. The van der Waals surface area contributed by atoms with E-state index in [1.165, 1.54) is 18.4 Å². The van der Waals surface area contributed by atoms with E-state index in [1.54, 1.807) is 30.3 Å². The largest absolute Gasteiger partial charge is 0.503 e. The van der Waals surface area contributed by atoms with Crippen molar-refractivity contribution in [3.63, 3.8) is 0 Å². The average Bonchev–Trinajstić information content (AvgIpc) is 3.13. The van der Waals surface area contributed by atoms with Crippen molar-refractivity contribution < 1.29 is 9.84 Å². The Hall–Kier alpha value is -2.33. The number of phenols is 1. The van der Waals surface area contributed by atoms with Crippen molar-refractivity contribution in [3.8, 4) is 28.8 Å². The van der Waals surface area contributed by atoms with Gasteiger partial charge in [0.1, 0.15) is 11.1 Å². The zero-order chi connectivity index (χ0) is 18.7. The van der Waals surface area contributed by atoms with Crippen molar-refractivity contribution in [1.29, 1.82) is 5.26 Å². The van der Waals surface area contributed by atoms with Crippen molar-refractivity contribution in [2.45, 2.75) is 0 Å². The average molecular weight is 448 g/mol. The molecule has 130 valence electrons. The maximum absolute atomic E-state index is 9.90. The highest BCUT2D eigenvalue weighted by atomic mass is 79.9. The summed E-state index contributed by atoms with van der Waals surface area (Å²) in [4.78, 5) is 4.55. The molecule has 0 unspecified atom stereocenters. The molecule has 1 N–H and O–H groups in total. The fourth-order valence-electron chi connectivity index (χ4n) is 2.29.